The molecule has 1 heterocycles. The summed E-state index contributed by atoms with van der Waals surface area (Å²) in [5.41, 5.74) is -0.357. The average Bonchev–Trinajstić information content (AvgIpc) is 2.66. The summed E-state index contributed by atoms with van der Waals surface area (Å²) in [5, 5.41) is 12.0. The highest BCUT2D eigenvalue weighted by Gasteiger charge is 2.52. The zero-order valence-electron chi connectivity index (χ0n) is 11.3. The predicted molar refractivity (Wildman–Crippen MR) is 69.2 cm³/mol. The van der Waals surface area contributed by atoms with Crippen LogP contribution in [0.2, 0.25) is 0 Å². The number of ether oxygens (including phenoxy) is 1. The first-order valence-corrected chi connectivity index (χ1v) is 6.35. The maximum atomic E-state index is 11.8. The smallest absolute Gasteiger partial charge is 0.316 e. The number of carbonyl (C=O) groups excluding carboxylic acids is 1. The Hall–Kier alpha value is -1.78. The van der Waals surface area contributed by atoms with E-state index in [1.807, 2.05) is 32.1 Å². The molecule has 1 aliphatic carbocycles. The summed E-state index contributed by atoms with van der Waals surface area (Å²) in [7, 11) is 1.60. The van der Waals surface area contributed by atoms with Gasteiger partial charge in [0, 0.05) is 12.0 Å². The number of carboxylic acid groups (broad SMARTS) is 1. The maximum Gasteiger partial charge on any atom is 0.316 e. The van der Waals surface area contributed by atoms with E-state index in [-0.39, 0.29) is 23.3 Å². The van der Waals surface area contributed by atoms with E-state index in [4.69, 9.17) is 4.74 Å². The topological polar surface area (TPSA) is 75.6 Å². The number of rotatable bonds is 3. The van der Waals surface area contributed by atoms with Crippen molar-refractivity contribution in [1.29, 1.82) is 0 Å². The van der Waals surface area contributed by atoms with Gasteiger partial charge in [-0.3, -0.25) is 9.59 Å². The monoisotopic (exact) mass is 265 g/mol. The van der Waals surface area contributed by atoms with Crippen molar-refractivity contribution < 1.29 is 19.4 Å². The number of aliphatic carboxylic acids is 1. The third-order valence-electron chi connectivity index (χ3n) is 4.18. The molecule has 0 aromatic carbocycles. The maximum absolute atomic E-state index is 11.8. The zero-order valence-corrected chi connectivity index (χ0v) is 11.3. The normalized spacial score (nSPS) is 37.7. The van der Waals surface area contributed by atoms with Crippen molar-refractivity contribution in [3.8, 4) is 0 Å². The van der Waals surface area contributed by atoms with E-state index in [0.717, 1.165) is 5.76 Å². The van der Waals surface area contributed by atoms with Crippen molar-refractivity contribution in [2.45, 2.75) is 26.3 Å². The molecule has 2 N–H and O–H groups in total. The van der Waals surface area contributed by atoms with Crippen LogP contribution in [0.1, 0.15) is 20.3 Å². The summed E-state index contributed by atoms with van der Waals surface area (Å²) in [4.78, 5) is 23.1. The van der Waals surface area contributed by atoms with Gasteiger partial charge in [0.2, 0.25) is 5.91 Å². The highest BCUT2D eigenvalue weighted by molar-refractivity contribution is 5.99. The van der Waals surface area contributed by atoms with E-state index < -0.39 is 11.9 Å². The van der Waals surface area contributed by atoms with Crippen LogP contribution in [0.15, 0.2) is 24.0 Å². The molecule has 19 heavy (non-hydrogen) atoms. The number of methoxy groups -OCH3 is 1. The Kier molecular flexibility index (Phi) is 3.39. The van der Waals surface area contributed by atoms with Crippen LogP contribution >= 0.6 is 0 Å². The first-order valence-electron chi connectivity index (χ1n) is 6.35. The first kappa shape index (κ1) is 13.6. The van der Waals surface area contributed by atoms with Gasteiger partial charge in [-0.25, -0.2) is 0 Å². The van der Waals surface area contributed by atoms with E-state index in [1.54, 1.807) is 7.11 Å². The third-order valence-corrected chi connectivity index (χ3v) is 4.18. The molecule has 4 atom stereocenters. The van der Waals surface area contributed by atoms with Crippen LogP contribution < -0.4 is 5.32 Å². The minimum absolute atomic E-state index is 0.152. The van der Waals surface area contributed by atoms with Crippen molar-refractivity contribution in [1.82, 2.24) is 5.32 Å². The number of allylic oxidation sites excluding steroid dienone is 3. The lowest BCUT2D eigenvalue weighted by Gasteiger charge is -2.37. The van der Waals surface area contributed by atoms with Gasteiger partial charge in [-0.1, -0.05) is 13.0 Å². The van der Waals surface area contributed by atoms with E-state index in [1.165, 1.54) is 0 Å². The van der Waals surface area contributed by atoms with Crippen LogP contribution in [-0.4, -0.2) is 30.1 Å². The van der Waals surface area contributed by atoms with Gasteiger partial charge in [0.25, 0.3) is 0 Å². The van der Waals surface area contributed by atoms with Crippen LogP contribution in [-0.2, 0) is 14.3 Å². The van der Waals surface area contributed by atoms with Crippen molar-refractivity contribution in [2.24, 2.45) is 17.3 Å². The lowest BCUT2D eigenvalue weighted by molar-refractivity contribution is -0.148. The summed E-state index contributed by atoms with van der Waals surface area (Å²) in [6.45, 7) is 3.85. The molecule has 0 saturated carbocycles. The van der Waals surface area contributed by atoms with Gasteiger partial charge < -0.3 is 15.2 Å². The van der Waals surface area contributed by atoms with Crippen LogP contribution in [0.5, 0.6) is 0 Å². The molecule has 1 fully saturated rings. The Labute approximate surface area is 112 Å². The second-order valence-electron chi connectivity index (χ2n) is 5.49. The fourth-order valence-electron chi connectivity index (χ4n) is 3.20. The van der Waals surface area contributed by atoms with Crippen LogP contribution in [0.3, 0.4) is 0 Å². The third kappa shape index (κ3) is 2.25. The number of amides is 1. The molecule has 2 rings (SSSR count). The van der Waals surface area contributed by atoms with Crippen LogP contribution in [0, 0.1) is 17.3 Å². The minimum atomic E-state index is -1.05. The summed E-state index contributed by atoms with van der Waals surface area (Å²) >= 11 is 0. The molecule has 1 amide bonds. The van der Waals surface area contributed by atoms with E-state index in [0.29, 0.717) is 6.42 Å². The highest BCUT2D eigenvalue weighted by atomic mass is 16.5. The predicted octanol–water partition coefficient (Wildman–Crippen LogP) is 1.32. The lowest BCUT2D eigenvalue weighted by Crippen LogP contribution is -2.39. The summed E-state index contributed by atoms with van der Waals surface area (Å²) in [6, 6.07) is -0.152. The summed E-state index contributed by atoms with van der Waals surface area (Å²) in [5.74, 6) is -1.91. The fraction of sp³-hybridized carbons (Fsp3) is 0.571. The average molecular weight is 265 g/mol. The molecule has 1 unspecified atom stereocenters. The summed E-state index contributed by atoms with van der Waals surface area (Å²) in [6.07, 6.45) is 6.41. The minimum Gasteiger partial charge on any atom is -0.497 e. The van der Waals surface area contributed by atoms with E-state index >= 15 is 0 Å². The molecule has 0 radical (unpaired) electrons. The van der Waals surface area contributed by atoms with Gasteiger partial charge in [-0.15, -0.1) is 0 Å². The van der Waals surface area contributed by atoms with E-state index in [9.17, 15) is 14.7 Å². The highest BCUT2D eigenvalue weighted by Crippen LogP contribution is 2.45. The van der Waals surface area contributed by atoms with Gasteiger partial charge in [0.15, 0.2) is 0 Å². The van der Waals surface area contributed by atoms with Gasteiger partial charge in [-0.2, -0.15) is 0 Å². The molecule has 0 spiro atoms. The number of nitrogens with one attached hydrogen (secondary N) is 1. The molecule has 104 valence electrons. The zero-order chi connectivity index (χ0) is 14.2. The number of carboxylic acids is 1. The molecule has 0 bridgehead atoms. The number of hydrogen-bond acceptors (Lipinski definition) is 3. The second-order valence-corrected chi connectivity index (χ2v) is 5.49. The molecule has 5 nitrogen and oxygen atoms in total. The standard InChI is InChI=1S/C14H19NO4/c1-8-11(10(13(17)18)12(16)15-8)14(2)6-4-9(19-3)5-7-14/h4-6,8,10-11H,7H2,1-3H3,(H,15,16)(H,17,18)/t8-,10+,11-,14?/m1/s1. The largest absolute Gasteiger partial charge is 0.497 e. The Morgan fingerprint density at radius 3 is 2.74 bits per heavy atom. The first-order chi connectivity index (χ1) is 8.89. The Morgan fingerprint density at radius 1 is 1.58 bits per heavy atom. The molecular weight excluding hydrogens is 246 g/mol. The van der Waals surface area contributed by atoms with Crippen molar-refractivity contribution >= 4 is 11.9 Å². The summed E-state index contributed by atoms with van der Waals surface area (Å²) < 4.78 is 5.14. The van der Waals surface area contributed by atoms with Gasteiger partial charge in [0.05, 0.1) is 7.11 Å². The fourth-order valence-corrected chi connectivity index (χ4v) is 3.20. The Balaban J connectivity index is 2.30. The van der Waals surface area contributed by atoms with Crippen molar-refractivity contribution in [3.63, 3.8) is 0 Å². The molecule has 0 aromatic rings. The molecule has 0 aromatic heterocycles. The van der Waals surface area contributed by atoms with Crippen molar-refractivity contribution in [2.75, 3.05) is 7.11 Å². The van der Waals surface area contributed by atoms with Crippen molar-refractivity contribution in [3.05, 3.63) is 24.0 Å². The van der Waals surface area contributed by atoms with Gasteiger partial charge >= 0.3 is 5.97 Å². The Bertz CT molecular complexity index is 468. The second kappa shape index (κ2) is 4.72. The lowest BCUT2D eigenvalue weighted by atomic mass is 9.66. The number of hydrogen-bond donors (Lipinski definition) is 2. The Morgan fingerprint density at radius 2 is 2.26 bits per heavy atom. The van der Waals surface area contributed by atoms with Crippen LogP contribution in [0.4, 0.5) is 0 Å². The van der Waals surface area contributed by atoms with E-state index in [2.05, 4.69) is 5.32 Å². The molecule has 5 heteroatoms. The SMILES string of the molecule is COC1=CCC(C)([C@H]2[C@H](C(=O)O)C(=O)N[C@@H]2C)C=C1. The number of carbonyl (C=O) groups is 2. The molecular formula is C14H19NO4. The molecule has 2 aliphatic rings. The molecule has 1 saturated heterocycles. The van der Waals surface area contributed by atoms with Crippen LogP contribution in [0.25, 0.3) is 0 Å². The van der Waals surface area contributed by atoms with Gasteiger partial charge in [-0.05, 0) is 30.9 Å². The quantitative estimate of drug-likeness (QED) is 0.755. The van der Waals surface area contributed by atoms with Gasteiger partial charge in [0.1, 0.15) is 11.7 Å². The molecule has 1 aliphatic heterocycles.